The van der Waals surface area contributed by atoms with Crippen molar-refractivity contribution in [3.8, 4) is 0 Å². The molecule has 4 atom stereocenters. The van der Waals surface area contributed by atoms with Crippen molar-refractivity contribution in [2.75, 3.05) is 13.2 Å². The van der Waals surface area contributed by atoms with Gasteiger partial charge in [0.25, 0.3) is 0 Å². The molecule has 1 aliphatic heterocycles. The molecule has 5 rings (SSSR count). The first-order valence-corrected chi connectivity index (χ1v) is 13.1. The average Bonchev–Trinajstić information content (AvgIpc) is 3.44. The van der Waals surface area contributed by atoms with Gasteiger partial charge < -0.3 is 28.4 Å². The number of esters is 3. The molecule has 3 aromatic rings. The molecule has 9 nitrogen and oxygen atoms in total. The maximum atomic E-state index is 13.4. The molecule has 1 saturated heterocycles. The van der Waals surface area contributed by atoms with E-state index in [1.54, 1.807) is 60.7 Å². The number of hydrogen-bond donors (Lipinski definition) is 0. The quantitative estimate of drug-likeness (QED) is 0.305. The molecule has 2 fully saturated rings. The molecule has 2 aliphatic rings. The lowest BCUT2D eigenvalue weighted by Crippen LogP contribution is -2.66. The van der Waals surface area contributed by atoms with Gasteiger partial charge in [-0.1, -0.05) is 66.7 Å². The summed E-state index contributed by atoms with van der Waals surface area (Å²) in [6, 6.07) is 26.2. The number of carbonyl (C=O) groups excluding carboxylic acids is 3. The molecule has 0 amide bonds. The second-order valence-corrected chi connectivity index (χ2v) is 9.55. The molecule has 1 aliphatic carbocycles. The van der Waals surface area contributed by atoms with Crippen LogP contribution in [0.25, 0.3) is 0 Å². The molecular formula is C31H30O9. The van der Waals surface area contributed by atoms with Gasteiger partial charge in [-0.25, -0.2) is 9.59 Å². The lowest BCUT2D eigenvalue weighted by atomic mass is 9.83. The van der Waals surface area contributed by atoms with Crippen LogP contribution in [0.2, 0.25) is 0 Å². The van der Waals surface area contributed by atoms with Crippen LogP contribution in [0, 0.1) is 0 Å². The number of carbonyl (C=O) groups is 3. The maximum absolute atomic E-state index is 13.4. The number of hydrogen-bond acceptors (Lipinski definition) is 9. The van der Waals surface area contributed by atoms with Crippen molar-refractivity contribution in [1.29, 1.82) is 0 Å². The molecule has 208 valence electrons. The zero-order chi connectivity index (χ0) is 28.0. The predicted molar refractivity (Wildman–Crippen MR) is 141 cm³/mol. The highest BCUT2D eigenvalue weighted by atomic mass is 16.8. The smallest absolute Gasteiger partial charge is 0.338 e. The van der Waals surface area contributed by atoms with E-state index >= 15 is 0 Å². The second-order valence-electron chi connectivity index (χ2n) is 9.55. The van der Waals surface area contributed by atoms with Crippen LogP contribution in [0.1, 0.15) is 39.6 Å². The zero-order valence-electron chi connectivity index (χ0n) is 22.0. The Bertz CT molecular complexity index is 1290. The highest BCUT2D eigenvalue weighted by Crippen LogP contribution is 2.42. The molecule has 40 heavy (non-hydrogen) atoms. The van der Waals surface area contributed by atoms with Crippen LogP contribution in [-0.4, -0.2) is 61.3 Å². The van der Waals surface area contributed by atoms with Gasteiger partial charge in [0.15, 0.2) is 12.2 Å². The van der Waals surface area contributed by atoms with E-state index < -0.39 is 48.1 Å². The van der Waals surface area contributed by atoms with Gasteiger partial charge in [0.05, 0.1) is 30.9 Å². The van der Waals surface area contributed by atoms with E-state index in [0.717, 1.165) is 5.56 Å². The van der Waals surface area contributed by atoms with Gasteiger partial charge in [-0.3, -0.25) is 4.79 Å². The molecule has 0 bridgehead atoms. The fourth-order valence-corrected chi connectivity index (χ4v) is 5.00. The largest absolute Gasteiger partial charge is 0.459 e. The molecule has 0 radical (unpaired) electrons. The van der Waals surface area contributed by atoms with Crippen LogP contribution >= 0.6 is 0 Å². The number of benzene rings is 3. The first kappa shape index (κ1) is 27.5. The van der Waals surface area contributed by atoms with Gasteiger partial charge in [-0.2, -0.15) is 0 Å². The Hall–Kier alpha value is -4.05. The Morgan fingerprint density at radius 1 is 0.725 bits per heavy atom. The minimum atomic E-state index is -1.53. The average molecular weight is 547 g/mol. The van der Waals surface area contributed by atoms with E-state index in [1.807, 2.05) is 30.3 Å². The van der Waals surface area contributed by atoms with Crippen LogP contribution in [0.4, 0.5) is 0 Å². The molecule has 0 aromatic heterocycles. The normalized spacial score (nSPS) is 23.3. The SMILES string of the molecule is CC(=O)O[C@@H]1CC2(OCCO2)[C@@H](OC(=O)c2ccccc2)[C@H](OC(=O)c2ccccc2)[C@H]1OCc1ccccc1. The second kappa shape index (κ2) is 12.4. The van der Waals surface area contributed by atoms with E-state index in [4.69, 9.17) is 28.4 Å². The Morgan fingerprint density at radius 3 is 1.80 bits per heavy atom. The summed E-state index contributed by atoms with van der Waals surface area (Å²) in [5.74, 6) is -3.41. The third-order valence-corrected chi connectivity index (χ3v) is 6.78. The molecule has 0 N–H and O–H groups in total. The van der Waals surface area contributed by atoms with Crippen molar-refractivity contribution in [2.24, 2.45) is 0 Å². The third kappa shape index (κ3) is 6.22. The first-order valence-electron chi connectivity index (χ1n) is 13.1. The molecule has 1 saturated carbocycles. The summed E-state index contributed by atoms with van der Waals surface area (Å²) in [4.78, 5) is 38.8. The Morgan fingerprint density at radius 2 is 1.25 bits per heavy atom. The monoisotopic (exact) mass is 546 g/mol. The van der Waals surface area contributed by atoms with E-state index in [2.05, 4.69) is 0 Å². The standard InChI is InChI=1S/C31H30O9/c1-21(32)38-25-19-31(36-17-18-37-31)28(40-30(34)24-15-9-4-10-16-24)27(39-29(33)23-13-7-3-8-14-23)26(25)35-20-22-11-5-2-6-12-22/h2-16,25-28H,17-20H2,1H3/t25-,26+,27-,28+/m1/s1. The van der Waals surface area contributed by atoms with Crippen molar-refractivity contribution in [1.82, 2.24) is 0 Å². The van der Waals surface area contributed by atoms with Gasteiger partial charge in [0, 0.05) is 13.3 Å². The van der Waals surface area contributed by atoms with Crippen LogP contribution in [0.15, 0.2) is 91.0 Å². The van der Waals surface area contributed by atoms with Crippen molar-refractivity contribution >= 4 is 17.9 Å². The van der Waals surface area contributed by atoms with E-state index in [1.165, 1.54) is 6.92 Å². The first-order chi connectivity index (χ1) is 19.4. The van der Waals surface area contributed by atoms with Crippen LogP contribution in [0.5, 0.6) is 0 Å². The van der Waals surface area contributed by atoms with E-state index in [9.17, 15) is 14.4 Å². The molecule has 9 heteroatoms. The number of rotatable bonds is 8. The lowest BCUT2D eigenvalue weighted by molar-refractivity contribution is -0.302. The summed E-state index contributed by atoms with van der Waals surface area (Å²) in [7, 11) is 0. The fraction of sp³-hybridized carbons (Fsp3) is 0.323. The topological polar surface area (TPSA) is 107 Å². The van der Waals surface area contributed by atoms with Crippen molar-refractivity contribution < 1.29 is 42.8 Å². The summed E-state index contributed by atoms with van der Waals surface area (Å²) in [5, 5.41) is 0. The minimum absolute atomic E-state index is 0.00183. The number of ether oxygens (including phenoxy) is 6. The molecule has 1 heterocycles. The van der Waals surface area contributed by atoms with Crippen LogP contribution in [0.3, 0.4) is 0 Å². The third-order valence-electron chi connectivity index (χ3n) is 6.78. The summed E-state index contributed by atoms with van der Waals surface area (Å²) < 4.78 is 36.1. The van der Waals surface area contributed by atoms with Crippen LogP contribution in [-0.2, 0) is 39.8 Å². The van der Waals surface area contributed by atoms with E-state index in [-0.39, 0.29) is 31.8 Å². The van der Waals surface area contributed by atoms with Gasteiger partial charge >= 0.3 is 17.9 Å². The van der Waals surface area contributed by atoms with Crippen molar-refractivity contribution in [2.45, 2.75) is 50.2 Å². The summed E-state index contributed by atoms with van der Waals surface area (Å²) in [6.45, 7) is 1.82. The van der Waals surface area contributed by atoms with E-state index in [0.29, 0.717) is 5.56 Å². The predicted octanol–water partition coefficient (Wildman–Crippen LogP) is 4.10. The van der Waals surface area contributed by atoms with Gasteiger partial charge in [0.2, 0.25) is 5.79 Å². The molecular weight excluding hydrogens is 516 g/mol. The molecule has 3 aromatic carbocycles. The zero-order valence-corrected chi connectivity index (χ0v) is 22.0. The fourth-order valence-electron chi connectivity index (χ4n) is 5.00. The Kier molecular flexibility index (Phi) is 8.54. The van der Waals surface area contributed by atoms with Crippen LogP contribution < -0.4 is 0 Å². The van der Waals surface area contributed by atoms with Crippen molar-refractivity contribution in [3.63, 3.8) is 0 Å². The van der Waals surface area contributed by atoms with Gasteiger partial charge in [-0.05, 0) is 29.8 Å². The summed E-state index contributed by atoms with van der Waals surface area (Å²) >= 11 is 0. The summed E-state index contributed by atoms with van der Waals surface area (Å²) in [5.41, 5.74) is 1.44. The maximum Gasteiger partial charge on any atom is 0.338 e. The Labute approximate surface area is 231 Å². The highest BCUT2D eigenvalue weighted by Gasteiger charge is 2.62. The van der Waals surface area contributed by atoms with Crippen molar-refractivity contribution in [3.05, 3.63) is 108 Å². The lowest BCUT2D eigenvalue weighted by Gasteiger charge is -2.48. The Balaban J connectivity index is 1.54. The highest BCUT2D eigenvalue weighted by molar-refractivity contribution is 5.90. The van der Waals surface area contributed by atoms with Gasteiger partial charge in [-0.15, -0.1) is 0 Å². The minimum Gasteiger partial charge on any atom is -0.459 e. The molecule has 0 unspecified atom stereocenters. The summed E-state index contributed by atoms with van der Waals surface area (Å²) in [6.07, 6.45) is -4.43. The molecule has 1 spiro atoms. The van der Waals surface area contributed by atoms with Gasteiger partial charge in [0.1, 0.15) is 12.2 Å².